The van der Waals surface area contributed by atoms with E-state index in [-0.39, 0.29) is 5.91 Å². The van der Waals surface area contributed by atoms with Crippen LogP contribution in [0.2, 0.25) is 0 Å². The number of nitrogen functional groups attached to an aromatic ring is 1. The number of rotatable bonds is 4. The van der Waals surface area contributed by atoms with Crippen molar-refractivity contribution in [3.8, 4) is 0 Å². The molecule has 0 bridgehead atoms. The zero-order valence-electron chi connectivity index (χ0n) is 11.3. The van der Waals surface area contributed by atoms with Crippen LogP contribution in [0.1, 0.15) is 24.3 Å². The highest BCUT2D eigenvalue weighted by Crippen LogP contribution is 2.19. The first-order valence-electron chi connectivity index (χ1n) is 5.98. The van der Waals surface area contributed by atoms with Crippen molar-refractivity contribution in [2.75, 3.05) is 19.5 Å². The molecule has 2 rings (SSSR count). The molecular weight excluding hydrogens is 244 g/mol. The summed E-state index contributed by atoms with van der Waals surface area (Å²) >= 11 is 0. The number of nitrogens with one attached hydrogen (secondary N) is 2. The lowest BCUT2D eigenvalue weighted by Gasteiger charge is -2.24. The van der Waals surface area contributed by atoms with E-state index in [1.54, 1.807) is 25.3 Å². The molecule has 1 heterocycles. The minimum absolute atomic E-state index is 0.251. The van der Waals surface area contributed by atoms with Gasteiger partial charge in [-0.3, -0.25) is 9.89 Å². The zero-order chi connectivity index (χ0) is 14.0. The van der Waals surface area contributed by atoms with E-state index >= 15 is 0 Å². The number of benzene rings is 1. The number of ether oxygens (including phenoxy) is 1. The van der Waals surface area contributed by atoms with Gasteiger partial charge in [-0.05, 0) is 32.0 Å². The van der Waals surface area contributed by atoms with Crippen LogP contribution in [0.5, 0.6) is 0 Å². The fraction of sp³-hybridized carbons (Fsp3) is 0.385. The minimum atomic E-state index is -0.461. The van der Waals surface area contributed by atoms with E-state index in [4.69, 9.17) is 10.5 Å². The van der Waals surface area contributed by atoms with E-state index < -0.39 is 5.54 Å². The number of hydrogen-bond acceptors (Lipinski definition) is 4. The molecule has 0 unspecified atom stereocenters. The second-order valence-corrected chi connectivity index (χ2v) is 5.15. The van der Waals surface area contributed by atoms with E-state index in [1.807, 2.05) is 13.8 Å². The molecule has 0 atom stereocenters. The van der Waals surface area contributed by atoms with Crippen molar-refractivity contribution in [1.82, 2.24) is 15.5 Å². The Kier molecular flexibility index (Phi) is 3.44. The van der Waals surface area contributed by atoms with Crippen LogP contribution in [0.15, 0.2) is 18.2 Å². The molecule has 102 valence electrons. The Hall–Kier alpha value is -2.08. The number of carbonyl (C=O) groups is 1. The molecule has 4 N–H and O–H groups in total. The lowest BCUT2D eigenvalue weighted by molar-refractivity contribution is 0.0816. The molecule has 1 aromatic carbocycles. The summed E-state index contributed by atoms with van der Waals surface area (Å²) in [4.78, 5) is 12.2. The zero-order valence-corrected chi connectivity index (χ0v) is 11.3. The maximum atomic E-state index is 12.2. The number of nitrogens with zero attached hydrogens (tertiary/aromatic N) is 1. The normalized spacial score (nSPS) is 11.7. The Morgan fingerprint density at radius 2 is 2.26 bits per heavy atom. The Balaban J connectivity index is 2.29. The fourth-order valence-corrected chi connectivity index (χ4v) is 1.97. The highest BCUT2D eigenvalue weighted by atomic mass is 16.5. The standard InChI is InChI=1S/C13H18N4O2/c1-13(2,7-19-3)15-12(18)11-9-6-8(14)4-5-10(9)16-17-11/h4-6H,7,14H2,1-3H3,(H,15,18)(H,16,17). The predicted octanol–water partition coefficient (Wildman–Crippen LogP) is 1.30. The lowest BCUT2D eigenvalue weighted by atomic mass is 10.1. The first-order chi connectivity index (χ1) is 8.93. The van der Waals surface area contributed by atoms with E-state index in [2.05, 4.69) is 15.5 Å². The van der Waals surface area contributed by atoms with Crippen molar-refractivity contribution in [1.29, 1.82) is 0 Å². The summed E-state index contributed by atoms with van der Waals surface area (Å²) in [5, 5.41) is 10.5. The summed E-state index contributed by atoms with van der Waals surface area (Å²) in [6, 6.07) is 5.29. The molecule has 0 aliphatic carbocycles. The molecule has 0 aliphatic heterocycles. The molecule has 2 aromatic rings. The number of nitrogens with two attached hydrogens (primary N) is 1. The highest BCUT2D eigenvalue weighted by Gasteiger charge is 2.23. The third-order valence-corrected chi connectivity index (χ3v) is 2.76. The Morgan fingerprint density at radius 1 is 1.53 bits per heavy atom. The molecule has 0 saturated heterocycles. The van der Waals surface area contributed by atoms with Gasteiger partial charge in [0.2, 0.25) is 0 Å². The van der Waals surface area contributed by atoms with Crippen molar-refractivity contribution in [2.45, 2.75) is 19.4 Å². The monoisotopic (exact) mass is 262 g/mol. The van der Waals surface area contributed by atoms with Crippen LogP contribution < -0.4 is 11.1 Å². The first kappa shape index (κ1) is 13.4. The number of carbonyl (C=O) groups excluding carboxylic acids is 1. The molecule has 0 fully saturated rings. The van der Waals surface area contributed by atoms with Gasteiger partial charge >= 0.3 is 0 Å². The Bertz CT molecular complexity index is 604. The van der Waals surface area contributed by atoms with E-state index in [0.717, 1.165) is 5.52 Å². The van der Waals surface area contributed by atoms with Crippen molar-refractivity contribution in [2.24, 2.45) is 0 Å². The number of hydrogen-bond donors (Lipinski definition) is 3. The second-order valence-electron chi connectivity index (χ2n) is 5.15. The van der Waals surface area contributed by atoms with Gasteiger partial charge in [0.05, 0.1) is 17.7 Å². The molecule has 6 heteroatoms. The number of anilines is 1. The SMILES string of the molecule is COCC(C)(C)NC(=O)c1n[nH]c2ccc(N)cc12. The van der Waals surface area contributed by atoms with E-state index in [9.17, 15) is 4.79 Å². The van der Waals surface area contributed by atoms with Crippen LogP contribution in [0, 0.1) is 0 Å². The predicted molar refractivity (Wildman–Crippen MR) is 73.9 cm³/mol. The number of aromatic amines is 1. The Labute approximate surface area is 111 Å². The van der Waals surface area contributed by atoms with Gasteiger partial charge in [-0.25, -0.2) is 0 Å². The summed E-state index contributed by atoms with van der Waals surface area (Å²) in [5.41, 5.74) is 6.99. The topological polar surface area (TPSA) is 93.0 Å². The van der Waals surface area contributed by atoms with Crippen LogP contribution in [0.25, 0.3) is 10.9 Å². The molecule has 0 aliphatic rings. The van der Waals surface area contributed by atoms with Crippen LogP contribution in [-0.4, -0.2) is 35.4 Å². The van der Waals surface area contributed by atoms with Crippen LogP contribution in [-0.2, 0) is 4.74 Å². The number of methoxy groups -OCH3 is 1. The fourth-order valence-electron chi connectivity index (χ4n) is 1.97. The van der Waals surface area contributed by atoms with Gasteiger partial charge in [0, 0.05) is 18.2 Å². The van der Waals surface area contributed by atoms with Crippen LogP contribution in [0.4, 0.5) is 5.69 Å². The summed E-state index contributed by atoms with van der Waals surface area (Å²) in [7, 11) is 1.60. The third kappa shape index (κ3) is 2.85. The van der Waals surface area contributed by atoms with Gasteiger partial charge in [-0.2, -0.15) is 5.10 Å². The molecule has 6 nitrogen and oxygen atoms in total. The van der Waals surface area contributed by atoms with Crippen molar-refractivity contribution >= 4 is 22.5 Å². The minimum Gasteiger partial charge on any atom is -0.399 e. The van der Waals surface area contributed by atoms with Gasteiger partial charge in [-0.15, -0.1) is 0 Å². The lowest BCUT2D eigenvalue weighted by Crippen LogP contribution is -2.46. The number of aromatic nitrogens is 2. The highest BCUT2D eigenvalue weighted by molar-refractivity contribution is 6.05. The van der Waals surface area contributed by atoms with E-state index in [1.165, 1.54) is 0 Å². The molecule has 1 aromatic heterocycles. The van der Waals surface area contributed by atoms with Crippen molar-refractivity contribution in [3.05, 3.63) is 23.9 Å². The number of fused-ring (bicyclic) bond motifs is 1. The third-order valence-electron chi connectivity index (χ3n) is 2.76. The average molecular weight is 262 g/mol. The van der Waals surface area contributed by atoms with Crippen molar-refractivity contribution < 1.29 is 9.53 Å². The molecule has 19 heavy (non-hydrogen) atoms. The summed E-state index contributed by atoms with van der Waals surface area (Å²) in [6.45, 7) is 4.19. The maximum absolute atomic E-state index is 12.2. The average Bonchev–Trinajstić information content (AvgIpc) is 2.70. The van der Waals surface area contributed by atoms with Crippen LogP contribution >= 0.6 is 0 Å². The van der Waals surface area contributed by atoms with Crippen molar-refractivity contribution in [3.63, 3.8) is 0 Å². The summed E-state index contributed by atoms with van der Waals surface area (Å²) in [5.74, 6) is -0.251. The van der Waals surface area contributed by atoms with Gasteiger partial charge in [0.15, 0.2) is 5.69 Å². The number of H-pyrrole nitrogens is 1. The van der Waals surface area contributed by atoms with Gasteiger partial charge < -0.3 is 15.8 Å². The number of amides is 1. The van der Waals surface area contributed by atoms with Crippen LogP contribution in [0.3, 0.4) is 0 Å². The van der Waals surface area contributed by atoms with Gasteiger partial charge in [-0.1, -0.05) is 0 Å². The molecule has 0 radical (unpaired) electrons. The molecular formula is C13H18N4O2. The maximum Gasteiger partial charge on any atom is 0.272 e. The van der Waals surface area contributed by atoms with E-state index in [0.29, 0.717) is 23.4 Å². The quantitative estimate of drug-likeness (QED) is 0.724. The smallest absolute Gasteiger partial charge is 0.272 e. The van der Waals surface area contributed by atoms with Gasteiger partial charge in [0.1, 0.15) is 0 Å². The first-order valence-corrected chi connectivity index (χ1v) is 5.98. The molecule has 0 saturated carbocycles. The Morgan fingerprint density at radius 3 is 2.95 bits per heavy atom. The summed E-state index contributed by atoms with van der Waals surface area (Å²) < 4.78 is 5.07. The molecule has 1 amide bonds. The summed E-state index contributed by atoms with van der Waals surface area (Å²) in [6.07, 6.45) is 0. The second kappa shape index (κ2) is 4.89. The molecule has 0 spiro atoms. The van der Waals surface area contributed by atoms with Gasteiger partial charge in [0.25, 0.3) is 5.91 Å². The largest absolute Gasteiger partial charge is 0.399 e.